The molecule has 0 fully saturated rings. The molecule has 0 atom stereocenters. The van der Waals surface area contributed by atoms with E-state index in [0.717, 1.165) is 6.42 Å². The summed E-state index contributed by atoms with van der Waals surface area (Å²) in [4.78, 5) is 20.9. The normalized spacial score (nSPS) is 12.9. The van der Waals surface area contributed by atoms with Gasteiger partial charge in [-0.3, -0.25) is 4.79 Å². The Kier molecular flexibility index (Phi) is 5.48. The number of benzene rings is 2. The van der Waals surface area contributed by atoms with Gasteiger partial charge in [0.2, 0.25) is 5.91 Å². The highest BCUT2D eigenvalue weighted by atomic mass is 35.5. The monoisotopic (exact) mass is 411 g/mol. The Morgan fingerprint density at radius 2 is 1.93 bits per heavy atom. The highest BCUT2D eigenvalue weighted by Gasteiger charge is 2.17. The Bertz CT molecular complexity index is 1040. The number of aromatic hydroxyl groups is 1. The highest BCUT2D eigenvalue weighted by molar-refractivity contribution is 6.32. The van der Waals surface area contributed by atoms with Crippen molar-refractivity contribution in [2.75, 3.05) is 18.5 Å². The molecule has 0 saturated carbocycles. The summed E-state index contributed by atoms with van der Waals surface area (Å²) in [7, 11) is 0. The van der Waals surface area contributed by atoms with Gasteiger partial charge in [0.1, 0.15) is 5.75 Å². The number of carbonyl (C=O) groups excluding carboxylic acids is 1. The minimum absolute atomic E-state index is 0.116. The van der Waals surface area contributed by atoms with Crippen molar-refractivity contribution in [3.63, 3.8) is 0 Å². The number of phenols is 1. The predicted octanol–water partition coefficient (Wildman–Crippen LogP) is 3.85. The fraction of sp³-hybridized carbons (Fsp3) is 0.190. The summed E-state index contributed by atoms with van der Waals surface area (Å²) in [6, 6.07) is 10.1. The number of aromatic nitrogens is 2. The molecule has 29 heavy (non-hydrogen) atoms. The average Bonchev–Trinajstić information content (AvgIpc) is 2.94. The number of nitrogens with zero attached hydrogens (tertiary/aromatic N) is 2. The van der Waals surface area contributed by atoms with Gasteiger partial charge in [-0.2, -0.15) is 0 Å². The number of nitrogens with one attached hydrogen (secondary N) is 1. The minimum atomic E-state index is -0.232. The molecule has 0 aliphatic carbocycles. The van der Waals surface area contributed by atoms with Crippen LogP contribution >= 0.6 is 11.6 Å². The van der Waals surface area contributed by atoms with Crippen LogP contribution in [0.5, 0.6) is 17.2 Å². The van der Waals surface area contributed by atoms with Gasteiger partial charge in [0.15, 0.2) is 17.3 Å². The topological polar surface area (TPSA) is 93.6 Å². The van der Waals surface area contributed by atoms with E-state index in [2.05, 4.69) is 15.3 Å². The summed E-state index contributed by atoms with van der Waals surface area (Å²) in [5.41, 5.74) is 1.87. The lowest BCUT2D eigenvalue weighted by Gasteiger charge is -2.11. The molecular weight excluding hydrogens is 394 g/mol. The first-order valence-electron chi connectivity index (χ1n) is 9.08. The lowest BCUT2D eigenvalue weighted by molar-refractivity contribution is -0.115. The van der Waals surface area contributed by atoms with Crippen LogP contribution in [0.2, 0.25) is 5.02 Å². The maximum atomic E-state index is 12.4. The Hall–Kier alpha value is -3.32. The molecule has 148 valence electrons. The van der Waals surface area contributed by atoms with Gasteiger partial charge in [0, 0.05) is 12.0 Å². The van der Waals surface area contributed by atoms with Crippen LogP contribution in [0.3, 0.4) is 0 Å². The molecule has 0 radical (unpaired) electrons. The van der Waals surface area contributed by atoms with E-state index >= 15 is 0 Å². The Morgan fingerprint density at radius 3 is 2.72 bits per heavy atom. The number of rotatable bonds is 4. The summed E-state index contributed by atoms with van der Waals surface area (Å²) in [5.74, 6) is 1.43. The van der Waals surface area contributed by atoms with Crippen molar-refractivity contribution in [2.45, 2.75) is 12.8 Å². The molecule has 4 rings (SSSR count). The van der Waals surface area contributed by atoms with Gasteiger partial charge in [-0.05, 0) is 29.8 Å². The fourth-order valence-electron chi connectivity index (χ4n) is 2.96. The third-order valence-corrected chi connectivity index (χ3v) is 4.55. The van der Waals surface area contributed by atoms with Crippen molar-refractivity contribution in [1.29, 1.82) is 0 Å². The summed E-state index contributed by atoms with van der Waals surface area (Å²) in [6.07, 6.45) is 3.93. The first kappa shape index (κ1) is 19.0. The summed E-state index contributed by atoms with van der Waals surface area (Å²) < 4.78 is 11.3. The zero-order chi connectivity index (χ0) is 20.2. The third kappa shape index (κ3) is 4.57. The quantitative estimate of drug-likeness (QED) is 0.677. The predicted molar refractivity (Wildman–Crippen MR) is 109 cm³/mol. The maximum Gasteiger partial charge on any atom is 0.228 e. The molecule has 2 heterocycles. The molecule has 8 heteroatoms. The van der Waals surface area contributed by atoms with E-state index in [1.54, 1.807) is 36.4 Å². The van der Waals surface area contributed by atoms with Crippen LogP contribution in [0.1, 0.15) is 12.0 Å². The molecule has 2 N–H and O–H groups in total. The van der Waals surface area contributed by atoms with Gasteiger partial charge < -0.3 is 19.9 Å². The lowest BCUT2D eigenvalue weighted by atomic mass is 10.1. The van der Waals surface area contributed by atoms with E-state index in [0.29, 0.717) is 52.4 Å². The number of phenolic OH excluding ortho intramolecular Hbond substituents is 1. The molecular formula is C21H18ClN3O4. The number of hydrogen-bond donors (Lipinski definition) is 2. The van der Waals surface area contributed by atoms with Gasteiger partial charge in [-0.15, -0.1) is 0 Å². The van der Waals surface area contributed by atoms with Crippen LogP contribution in [0.25, 0.3) is 11.4 Å². The first-order valence-corrected chi connectivity index (χ1v) is 9.45. The Balaban J connectivity index is 1.43. The standard InChI is InChI=1S/C21H18ClN3O4/c22-17-7-13(8-18-20(17)29-6-2-5-28-18)9-19(27)25-15-11-23-21(24-12-15)14-3-1-4-16(26)10-14/h1,3-4,7-8,10-12,26H,2,5-6,9H2,(H,25,27). The molecule has 3 aromatic rings. The van der Waals surface area contributed by atoms with E-state index in [1.807, 2.05) is 0 Å². The smallest absolute Gasteiger partial charge is 0.228 e. The number of anilines is 1. The average molecular weight is 412 g/mol. The van der Waals surface area contributed by atoms with Crippen LogP contribution in [0, 0.1) is 0 Å². The molecule has 0 saturated heterocycles. The van der Waals surface area contributed by atoms with Gasteiger partial charge in [-0.1, -0.05) is 23.7 Å². The highest BCUT2D eigenvalue weighted by Crippen LogP contribution is 2.38. The van der Waals surface area contributed by atoms with Crippen molar-refractivity contribution < 1.29 is 19.4 Å². The third-order valence-electron chi connectivity index (χ3n) is 4.27. The van der Waals surface area contributed by atoms with Crippen molar-refractivity contribution in [3.05, 3.63) is 59.4 Å². The van der Waals surface area contributed by atoms with Crippen molar-refractivity contribution in [2.24, 2.45) is 0 Å². The second-order valence-corrected chi connectivity index (χ2v) is 6.93. The molecule has 1 amide bonds. The van der Waals surface area contributed by atoms with Crippen molar-refractivity contribution in [1.82, 2.24) is 9.97 Å². The molecule has 7 nitrogen and oxygen atoms in total. The van der Waals surface area contributed by atoms with Crippen LogP contribution in [0.4, 0.5) is 5.69 Å². The number of halogens is 1. The van der Waals surface area contributed by atoms with Crippen LogP contribution in [-0.4, -0.2) is 34.2 Å². The summed E-state index contributed by atoms with van der Waals surface area (Å²) in [6.45, 7) is 1.09. The molecule has 1 aliphatic heterocycles. The number of hydrogen-bond acceptors (Lipinski definition) is 6. The number of fused-ring (bicyclic) bond motifs is 1. The maximum absolute atomic E-state index is 12.4. The Labute approximate surface area is 172 Å². The zero-order valence-electron chi connectivity index (χ0n) is 15.4. The lowest BCUT2D eigenvalue weighted by Crippen LogP contribution is -2.15. The van der Waals surface area contributed by atoms with E-state index in [-0.39, 0.29) is 18.1 Å². The van der Waals surface area contributed by atoms with Crippen molar-refractivity contribution in [3.8, 4) is 28.6 Å². The van der Waals surface area contributed by atoms with Crippen LogP contribution in [-0.2, 0) is 11.2 Å². The van der Waals surface area contributed by atoms with Gasteiger partial charge >= 0.3 is 0 Å². The number of amides is 1. The second kappa shape index (κ2) is 8.36. The first-order chi connectivity index (χ1) is 14.1. The van der Waals surface area contributed by atoms with E-state index in [9.17, 15) is 9.90 Å². The van der Waals surface area contributed by atoms with Gasteiger partial charge in [-0.25, -0.2) is 9.97 Å². The molecule has 1 aliphatic rings. The van der Waals surface area contributed by atoms with Gasteiger partial charge in [0.25, 0.3) is 0 Å². The summed E-state index contributed by atoms with van der Waals surface area (Å²) in [5, 5.41) is 12.7. The van der Waals surface area contributed by atoms with Crippen molar-refractivity contribution >= 4 is 23.2 Å². The van der Waals surface area contributed by atoms with Crippen LogP contribution < -0.4 is 14.8 Å². The minimum Gasteiger partial charge on any atom is -0.508 e. The second-order valence-electron chi connectivity index (χ2n) is 6.53. The SMILES string of the molecule is O=C(Cc1cc(Cl)c2c(c1)OCCCO2)Nc1cnc(-c2cccc(O)c2)nc1. The summed E-state index contributed by atoms with van der Waals surface area (Å²) >= 11 is 6.28. The molecule has 0 spiro atoms. The van der Waals surface area contributed by atoms with Crippen LogP contribution in [0.15, 0.2) is 48.8 Å². The van der Waals surface area contributed by atoms with E-state index in [1.165, 1.54) is 12.4 Å². The Morgan fingerprint density at radius 1 is 1.14 bits per heavy atom. The fourth-order valence-corrected chi connectivity index (χ4v) is 3.25. The largest absolute Gasteiger partial charge is 0.508 e. The van der Waals surface area contributed by atoms with E-state index < -0.39 is 0 Å². The number of ether oxygens (including phenoxy) is 2. The van der Waals surface area contributed by atoms with Gasteiger partial charge in [0.05, 0.1) is 42.7 Å². The molecule has 1 aromatic heterocycles. The van der Waals surface area contributed by atoms with E-state index in [4.69, 9.17) is 21.1 Å². The number of carbonyl (C=O) groups is 1. The molecule has 2 aromatic carbocycles. The zero-order valence-corrected chi connectivity index (χ0v) is 16.1. The molecule has 0 unspecified atom stereocenters. The molecule has 0 bridgehead atoms.